The molecule has 1 aliphatic carbocycles. The third kappa shape index (κ3) is 4.80. The highest BCUT2D eigenvalue weighted by Gasteiger charge is 2.58. The Morgan fingerprint density at radius 2 is 1.70 bits per heavy atom. The first-order valence-electron chi connectivity index (χ1n) is 13.7. The second-order valence-electron chi connectivity index (χ2n) is 11.2. The molecule has 0 aromatic heterocycles. The van der Waals surface area contributed by atoms with E-state index in [1.54, 1.807) is 48.4 Å². The number of nitrogens with one attached hydrogen (secondary N) is 1. The smallest absolute Gasteiger partial charge is 0.331 e. The minimum atomic E-state index is -1.11. The van der Waals surface area contributed by atoms with Crippen LogP contribution in [0.4, 0.5) is 14.9 Å². The van der Waals surface area contributed by atoms with Crippen LogP contribution in [0.15, 0.2) is 42.5 Å². The molecule has 3 aliphatic rings. The fraction of sp³-hybridized carbons (Fsp3) is 0.467. The molecule has 0 bridgehead atoms. The van der Waals surface area contributed by atoms with Gasteiger partial charge in [-0.25, -0.2) is 9.18 Å². The highest BCUT2D eigenvalue weighted by Crippen LogP contribution is 2.41. The number of methoxy groups -OCH3 is 1. The Bertz CT molecular complexity index is 1330. The molecule has 2 aromatic carbocycles. The number of carbonyl (C=O) groups excluding carboxylic acids is 4. The van der Waals surface area contributed by atoms with E-state index < -0.39 is 29.3 Å². The van der Waals surface area contributed by atoms with Gasteiger partial charge in [0.25, 0.3) is 11.8 Å². The predicted molar refractivity (Wildman–Crippen MR) is 147 cm³/mol. The average molecular weight is 551 g/mol. The Hall–Kier alpha value is -3.95. The number of hydrogen-bond donors (Lipinski definition) is 1. The van der Waals surface area contributed by atoms with Crippen molar-refractivity contribution in [2.24, 2.45) is 5.92 Å². The number of anilines is 1. The number of piperidine rings is 1. The van der Waals surface area contributed by atoms with Gasteiger partial charge < -0.3 is 15.0 Å². The SMILES string of the molecule is COc1ccc(N2C(=O)N(C)C(=O)C23CCN(C(=O)C(NC(=O)c2cc(C4CC4)ccc2F)C(C)C)CC3)cc1. The standard InChI is InChI=1S/C30H35FN4O5/c1-18(2)25(32-26(36)23-17-20(19-5-6-19)7-12-24(23)31)27(37)34-15-13-30(14-16-34)28(38)33(3)29(39)35(30)21-8-10-22(40-4)11-9-21/h7-12,17-19,25H,5-6,13-16H2,1-4H3,(H,32,36). The first kappa shape index (κ1) is 27.6. The second kappa shape index (κ2) is 10.6. The Morgan fingerprint density at radius 3 is 2.27 bits per heavy atom. The maximum atomic E-state index is 14.6. The Kier molecular flexibility index (Phi) is 7.29. The molecule has 5 amide bonds. The van der Waals surface area contributed by atoms with Gasteiger partial charge >= 0.3 is 6.03 Å². The molecule has 1 spiro atoms. The fourth-order valence-electron chi connectivity index (χ4n) is 5.77. The Morgan fingerprint density at radius 1 is 1.05 bits per heavy atom. The van der Waals surface area contributed by atoms with E-state index in [2.05, 4.69) is 5.32 Å². The predicted octanol–water partition coefficient (Wildman–Crippen LogP) is 3.93. The molecule has 2 heterocycles. The van der Waals surface area contributed by atoms with Crippen LogP contribution in [0.1, 0.15) is 61.4 Å². The van der Waals surface area contributed by atoms with E-state index in [9.17, 15) is 23.6 Å². The molecule has 1 unspecified atom stereocenters. The van der Waals surface area contributed by atoms with Crippen LogP contribution in [-0.4, -0.2) is 72.4 Å². The van der Waals surface area contributed by atoms with Crippen molar-refractivity contribution >= 4 is 29.4 Å². The zero-order valence-corrected chi connectivity index (χ0v) is 23.3. The molecule has 212 valence electrons. The van der Waals surface area contributed by atoms with Gasteiger partial charge in [0.15, 0.2) is 0 Å². The van der Waals surface area contributed by atoms with Crippen LogP contribution >= 0.6 is 0 Å². The van der Waals surface area contributed by atoms with Gasteiger partial charge in [-0.15, -0.1) is 0 Å². The first-order chi connectivity index (χ1) is 19.1. The van der Waals surface area contributed by atoms with Gasteiger partial charge in [0.1, 0.15) is 23.1 Å². The lowest BCUT2D eigenvalue weighted by Gasteiger charge is -2.43. The van der Waals surface area contributed by atoms with Gasteiger partial charge in [-0.1, -0.05) is 19.9 Å². The summed E-state index contributed by atoms with van der Waals surface area (Å²) in [5.74, 6) is -1.10. The van der Waals surface area contributed by atoms with Crippen molar-refractivity contribution in [3.05, 3.63) is 59.4 Å². The van der Waals surface area contributed by atoms with Crippen LogP contribution in [0.2, 0.25) is 0 Å². The van der Waals surface area contributed by atoms with E-state index in [1.807, 2.05) is 13.8 Å². The largest absolute Gasteiger partial charge is 0.497 e. The number of urea groups is 1. The molecule has 40 heavy (non-hydrogen) atoms. The van der Waals surface area contributed by atoms with Crippen molar-refractivity contribution < 1.29 is 28.3 Å². The number of benzene rings is 2. The summed E-state index contributed by atoms with van der Waals surface area (Å²) in [6.07, 6.45) is 2.54. The van der Waals surface area contributed by atoms with Gasteiger partial charge in [0.2, 0.25) is 5.91 Å². The molecule has 10 heteroatoms. The number of hydrogen-bond acceptors (Lipinski definition) is 5. The molecule has 5 rings (SSSR count). The molecule has 9 nitrogen and oxygen atoms in total. The summed E-state index contributed by atoms with van der Waals surface area (Å²) in [4.78, 5) is 57.5. The third-order valence-corrected chi connectivity index (χ3v) is 8.34. The van der Waals surface area contributed by atoms with E-state index in [0.29, 0.717) is 17.4 Å². The number of likely N-dealkylation sites (N-methyl/N-ethyl adjacent to an activating group) is 1. The van der Waals surface area contributed by atoms with E-state index in [-0.39, 0.29) is 49.2 Å². The number of carbonyl (C=O) groups is 4. The normalized spacial score (nSPS) is 19.4. The van der Waals surface area contributed by atoms with Gasteiger partial charge in [-0.3, -0.25) is 24.2 Å². The number of halogens is 1. The van der Waals surface area contributed by atoms with Crippen LogP contribution in [0.5, 0.6) is 5.75 Å². The molecular weight excluding hydrogens is 515 g/mol. The summed E-state index contributed by atoms with van der Waals surface area (Å²) >= 11 is 0. The molecule has 2 aromatic rings. The lowest BCUT2D eigenvalue weighted by molar-refractivity contribution is -0.139. The quantitative estimate of drug-likeness (QED) is 0.527. The lowest BCUT2D eigenvalue weighted by Crippen LogP contribution is -2.60. The fourth-order valence-corrected chi connectivity index (χ4v) is 5.77. The minimum Gasteiger partial charge on any atom is -0.497 e. The first-order valence-corrected chi connectivity index (χ1v) is 13.7. The van der Waals surface area contributed by atoms with Gasteiger partial charge in [-0.2, -0.15) is 0 Å². The van der Waals surface area contributed by atoms with E-state index >= 15 is 0 Å². The zero-order valence-electron chi connectivity index (χ0n) is 23.3. The van der Waals surface area contributed by atoms with Crippen LogP contribution < -0.4 is 15.0 Å². The van der Waals surface area contributed by atoms with Crippen molar-refractivity contribution in [1.82, 2.24) is 15.1 Å². The van der Waals surface area contributed by atoms with Crippen LogP contribution in [0.3, 0.4) is 0 Å². The summed E-state index contributed by atoms with van der Waals surface area (Å²) in [6.45, 7) is 4.10. The number of likely N-dealkylation sites (tertiary alicyclic amines) is 1. The summed E-state index contributed by atoms with van der Waals surface area (Å²) in [5, 5.41) is 2.76. The molecule has 2 aliphatic heterocycles. The van der Waals surface area contributed by atoms with Gasteiger partial charge in [0, 0.05) is 25.8 Å². The Balaban J connectivity index is 1.32. The summed E-state index contributed by atoms with van der Waals surface area (Å²) in [7, 11) is 3.02. The number of imide groups is 1. The maximum Gasteiger partial charge on any atom is 0.331 e. The topological polar surface area (TPSA) is 99.3 Å². The van der Waals surface area contributed by atoms with Crippen molar-refractivity contribution in [3.63, 3.8) is 0 Å². The second-order valence-corrected chi connectivity index (χ2v) is 11.2. The monoisotopic (exact) mass is 550 g/mol. The van der Waals surface area contributed by atoms with Gasteiger partial charge in [0.05, 0.1) is 12.7 Å². The van der Waals surface area contributed by atoms with E-state index in [4.69, 9.17) is 4.74 Å². The molecule has 0 radical (unpaired) electrons. The molecule has 1 N–H and O–H groups in total. The van der Waals surface area contributed by atoms with Crippen molar-refractivity contribution in [2.75, 3.05) is 32.1 Å². The highest BCUT2D eigenvalue weighted by molar-refractivity contribution is 6.16. The number of ether oxygens (including phenoxy) is 1. The summed E-state index contributed by atoms with van der Waals surface area (Å²) < 4.78 is 19.8. The third-order valence-electron chi connectivity index (χ3n) is 8.34. The molecule has 2 saturated heterocycles. The van der Waals surface area contributed by atoms with Crippen molar-refractivity contribution in [2.45, 2.75) is 57.0 Å². The molecule has 3 fully saturated rings. The number of rotatable bonds is 7. The number of amides is 5. The van der Waals surface area contributed by atoms with Crippen molar-refractivity contribution in [3.8, 4) is 5.75 Å². The lowest BCUT2D eigenvalue weighted by atomic mass is 9.85. The summed E-state index contributed by atoms with van der Waals surface area (Å²) in [5.41, 5.74) is 0.336. The summed E-state index contributed by atoms with van der Waals surface area (Å²) in [6, 6.07) is 10.3. The van der Waals surface area contributed by atoms with E-state index in [0.717, 1.165) is 23.3 Å². The molecule has 1 atom stereocenters. The van der Waals surface area contributed by atoms with Crippen LogP contribution in [0, 0.1) is 11.7 Å². The van der Waals surface area contributed by atoms with Crippen molar-refractivity contribution in [1.29, 1.82) is 0 Å². The zero-order chi connectivity index (χ0) is 28.8. The van der Waals surface area contributed by atoms with Crippen LogP contribution in [0.25, 0.3) is 0 Å². The number of nitrogens with zero attached hydrogens (tertiary/aromatic N) is 3. The van der Waals surface area contributed by atoms with Crippen LogP contribution in [-0.2, 0) is 9.59 Å². The Labute approximate surface area is 233 Å². The van der Waals surface area contributed by atoms with Gasteiger partial charge in [-0.05, 0) is 79.5 Å². The minimum absolute atomic E-state index is 0.0614. The highest BCUT2D eigenvalue weighted by atomic mass is 19.1. The maximum absolute atomic E-state index is 14.6. The molecular formula is C30H35FN4O5. The van der Waals surface area contributed by atoms with E-state index in [1.165, 1.54) is 18.0 Å². The molecule has 1 saturated carbocycles. The average Bonchev–Trinajstić information content (AvgIpc) is 3.79.